The van der Waals surface area contributed by atoms with E-state index in [0.29, 0.717) is 34.4 Å². The van der Waals surface area contributed by atoms with Crippen LogP contribution in [0.15, 0.2) is 94.8 Å². The van der Waals surface area contributed by atoms with E-state index in [9.17, 15) is 14.0 Å². The standard InChI is InChI=1S/C21H21N5OS.C19H19FN4O2/c1-13-11-25(8-7-22-13)16-4-6-20-24-18(10-21(27)26(20)12-16)15-3-5-17-19(9-15)28-14(2)23-17;1-26-16-4-2-13(10-15(16)20)14-3-5-17-22-18(11-19(25)24(17)12-14)23-8-6-21-7-9-23/h3-6,9-10,12-13,22H,7-8,11H2,1-2H3;2-5,10-12,21H,6-9H2,1H3/t13-;/m0./s1. The van der Waals surface area contributed by atoms with Crippen molar-refractivity contribution >= 4 is 44.4 Å². The monoisotopic (exact) mass is 745 g/mol. The van der Waals surface area contributed by atoms with Crippen LogP contribution in [-0.2, 0) is 0 Å². The fourth-order valence-corrected chi connectivity index (χ4v) is 7.82. The zero-order valence-corrected chi connectivity index (χ0v) is 31.1. The van der Waals surface area contributed by atoms with Crippen LogP contribution in [0.4, 0.5) is 15.9 Å². The Hall–Kier alpha value is -5.70. The fourth-order valence-electron chi connectivity index (χ4n) is 6.96. The smallest absolute Gasteiger partial charge is 0.259 e. The molecule has 2 aliphatic heterocycles. The number of hydrogen-bond donors (Lipinski definition) is 2. The number of ether oxygens (including phenoxy) is 1. The van der Waals surface area contributed by atoms with Gasteiger partial charge in [-0.2, -0.15) is 0 Å². The van der Waals surface area contributed by atoms with Gasteiger partial charge in [-0.15, -0.1) is 11.3 Å². The normalized spacial score (nSPS) is 16.1. The maximum Gasteiger partial charge on any atom is 0.259 e. The van der Waals surface area contributed by atoms with Crippen LogP contribution < -0.4 is 36.3 Å². The molecule has 7 aromatic rings. The van der Waals surface area contributed by atoms with Crippen LogP contribution in [0.5, 0.6) is 5.75 Å². The first-order valence-corrected chi connectivity index (χ1v) is 18.8. The zero-order valence-electron chi connectivity index (χ0n) is 30.3. The second kappa shape index (κ2) is 15.0. The van der Waals surface area contributed by atoms with Crippen LogP contribution >= 0.6 is 11.3 Å². The molecule has 0 amide bonds. The molecule has 54 heavy (non-hydrogen) atoms. The van der Waals surface area contributed by atoms with E-state index in [1.54, 1.807) is 52.3 Å². The summed E-state index contributed by atoms with van der Waals surface area (Å²) >= 11 is 1.65. The number of nitrogens with one attached hydrogen (secondary N) is 2. The molecular weight excluding hydrogens is 706 g/mol. The lowest BCUT2D eigenvalue weighted by atomic mass is 10.1. The number of anilines is 2. The minimum Gasteiger partial charge on any atom is -0.494 e. The third kappa shape index (κ3) is 7.27. The number of hydrogen-bond acceptors (Lipinski definition) is 11. The molecule has 0 spiro atoms. The Labute approximate surface area is 314 Å². The molecule has 2 fully saturated rings. The quantitative estimate of drug-likeness (QED) is 0.249. The highest BCUT2D eigenvalue weighted by Crippen LogP contribution is 2.28. The predicted octanol–water partition coefficient (Wildman–Crippen LogP) is 5.00. The lowest BCUT2D eigenvalue weighted by Crippen LogP contribution is -2.49. The minimum absolute atomic E-state index is 0.0642. The number of fused-ring (bicyclic) bond motifs is 3. The number of aromatic nitrogens is 5. The van der Waals surface area contributed by atoms with Crippen molar-refractivity contribution in [3.05, 3.63) is 117 Å². The third-order valence-corrected chi connectivity index (χ3v) is 10.7. The second-order valence-corrected chi connectivity index (χ2v) is 14.7. The van der Waals surface area contributed by atoms with Crippen molar-refractivity contribution < 1.29 is 9.13 Å². The van der Waals surface area contributed by atoms with Gasteiger partial charge < -0.3 is 25.2 Å². The number of pyridine rings is 2. The van der Waals surface area contributed by atoms with Gasteiger partial charge in [0.2, 0.25) is 0 Å². The maximum absolute atomic E-state index is 14.0. The van der Waals surface area contributed by atoms with Gasteiger partial charge in [0.05, 0.1) is 33.7 Å². The van der Waals surface area contributed by atoms with Crippen molar-refractivity contribution in [2.75, 3.05) is 62.7 Å². The molecule has 276 valence electrons. The van der Waals surface area contributed by atoms with Crippen LogP contribution in [0.3, 0.4) is 0 Å². The molecule has 2 aromatic carbocycles. The number of piperazine rings is 2. The van der Waals surface area contributed by atoms with Crippen molar-refractivity contribution in [2.24, 2.45) is 0 Å². The van der Waals surface area contributed by atoms with E-state index in [4.69, 9.17) is 9.72 Å². The summed E-state index contributed by atoms with van der Waals surface area (Å²) in [6.45, 7) is 10.4. The molecule has 2 aliphatic rings. The number of thiazole rings is 1. The van der Waals surface area contributed by atoms with Crippen molar-refractivity contribution in [1.29, 1.82) is 0 Å². The van der Waals surface area contributed by atoms with Crippen LogP contribution in [0.2, 0.25) is 0 Å². The summed E-state index contributed by atoms with van der Waals surface area (Å²) in [5.41, 5.74) is 6.10. The highest BCUT2D eigenvalue weighted by atomic mass is 32.1. The predicted molar refractivity (Wildman–Crippen MR) is 213 cm³/mol. The van der Waals surface area contributed by atoms with Gasteiger partial charge in [0, 0.05) is 81.9 Å². The van der Waals surface area contributed by atoms with Gasteiger partial charge in [0.1, 0.15) is 17.1 Å². The number of aryl methyl sites for hydroxylation is 1. The molecule has 0 unspecified atom stereocenters. The van der Waals surface area contributed by atoms with Crippen LogP contribution in [0.25, 0.3) is 43.9 Å². The van der Waals surface area contributed by atoms with Gasteiger partial charge in [-0.1, -0.05) is 12.1 Å². The van der Waals surface area contributed by atoms with Crippen LogP contribution in [0.1, 0.15) is 11.9 Å². The average molecular weight is 746 g/mol. The molecule has 9 rings (SSSR count). The topological polar surface area (TPSA) is 121 Å². The van der Waals surface area contributed by atoms with E-state index >= 15 is 0 Å². The average Bonchev–Trinajstić information content (AvgIpc) is 3.57. The Balaban J connectivity index is 0.000000154. The second-order valence-electron chi connectivity index (χ2n) is 13.5. The first-order chi connectivity index (χ1) is 26.2. The van der Waals surface area contributed by atoms with Gasteiger partial charge in [-0.25, -0.2) is 19.3 Å². The van der Waals surface area contributed by atoms with Crippen molar-refractivity contribution in [3.8, 4) is 28.1 Å². The summed E-state index contributed by atoms with van der Waals surface area (Å²) in [5.74, 6) is 0.443. The summed E-state index contributed by atoms with van der Waals surface area (Å²) < 4.78 is 23.2. The lowest BCUT2D eigenvalue weighted by Gasteiger charge is -2.33. The molecule has 0 saturated carbocycles. The van der Waals surface area contributed by atoms with Gasteiger partial charge in [-0.05, 0) is 73.5 Å². The highest BCUT2D eigenvalue weighted by Gasteiger charge is 2.18. The van der Waals surface area contributed by atoms with Crippen molar-refractivity contribution in [2.45, 2.75) is 19.9 Å². The summed E-state index contributed by atoms with van der Waals surface area (Å²) in [5, 5.41) is 7.76. The highest BCUT2D eigenvalue weighted by molar-refractivity contribution is 7.18. The molecule has 2 N–H and O–H groups in total. The SMILES string of the molecule is COc1ccc(-c2ccc3nc(N4CCNCC4)cc(=O)n3c2)cc1F.Cc1nc2ccc(-c3cc(=O)n4cc(N5CCN[C@@H](C)C5)ccc4n3)cc2s1. The Morgan fingerprint density at radius 1 is 0.778 bits per heavy atom. The van der Waals surface area contributed by atoms with E-state index in [2.05, 4.69) is 49.5 Å². The number of methoxy groups -OCH3 is 1. The number of benzene rings is 2. The molecule has 0 aliphatic carbocycles. The van der Waals surface area contributed by atoms with E-state index in [0.717, 1.165) is 77.9 Å². The molecule has 14 heteroatoms. The van der Waals surface area contributed by atoms with E-state index < -0.39 is 5.82 Å². The number of nitrogens with zero attached hydrogens (tertiary/aromatic N) is 7. The Bertz CT molecular complexity index is 2620. The Morgan fingerprint density at radius 3 is 2.30 bits per heavy atom. The summed E-state index contributed by atoms with van der Waals surface area (Å²) in [7, 11) is 1.43. The van der Waals surface area contributed by atoms with E-state index in [1.807, 2.05) is 37.4 Å². The summed E-state index contributed by atoms with van der Waals surface area (Å²) in [4.78, 5) is 43.7. The molecular formula is C40H40FN9O3S. The first-order valence-electron chi connectivity index (χ1n) is 17.9. The van der Waals surface area contributed by atoms with E-state index in [1.165, 1.54) is 17.6 Å². The van der Waals surface area contributed by atoms with Crippen LogP contribution in [-0.4, -0.2) is 82.7 Å². The van der Waals surface area contributed by atoms with Gasteiger partial charge in [0.15, 0.2) is 11.6 Å². The lowest BCUT2D eigenvalue weighted by molar-refractivity contribution is 0.386. The fraction of sp³-hybridized carbons (Fsp3) is 0.275. The van der Waals surface area contributed by atoms with Crippen LogP contribution in [0, 0.1) is 12.7 Å². The minimum atomic E-state index is -0.440. The third-order valence-electron chi connectivity index (χ3n) is 9.74. The molecule has 7 heterocycles. The number of rotatable bonds is 5. The molecule has 12 nitrogen and oxygen atoms in total. The van der Waals surface area contributed by atoms with Gasteiger partial charge >= 0.3 is 0 Å². The molecule has 0 bridgehead atoms. The molecule has 2 saturated heterocycles. The van der Waals surface area contributed by atoms with Gasteiger partial charge in [-0.3, -0.25) is 18.4 Å². The number of halogens is 1. The van der Waals surface area contributed by atoms with Crippen molar-refractivity contribution in [3.63, 3.8) is 0 Å². The van der Waals surface area contributed by atoms with Gasteiger partial charge in [0.25, 0.3) is 11.1 Å². The summed E-state index contributed by atoms with van der Waals surface area (Å²) in [6.07, 6.45) is 3.59. The maximum atomic E-state index is 14.0. The largest absolute Gasteiger partial charge is 0.494 e. The first kappa shape index (κ1) is 35.3. The Morgan fingerprint density at radius 2 is 1.50 bits per heavy atom. The molecule has 1 atom stereocenters. The summed E-state index contributed by atoms with van der Waals surface area (Å²) in [6, 6.07) is 22.0. The molecule has 0 radical (unpaired) electrons. The van der Waals surface area contributed by atoms with Crippen molar-refractivity contribution in [1.82, 2.24) is 34.4 Å². The van der Waals surface area contributed by atoms with E-state index in [-0.39, 0.29) is 16.9 Å². The zero-order chi connectivity index (χ0) is 37.3. The Kier molecular flexibility index (Phi) is 9.80. The molecule has 5 aromatic heterocycles.